The number of aliphatic hydroxyl groups excluding tert-OH is 1. The van der Waals surface area contributed by atoms with Gasteiger partial charge in [0.15, 0.2) is 5.43 Å². The smallest absolute Gasteiger partial charge is 0.203 e. The SMILES string of the molecule is Cc1cc(C(C)O)c2oc(N3CCOCC3)c(C)c(=O)c2c1. The Morgan fingerprint density at radius 1 is 1.23 bits per heavy atom. The first-order valence-corrected chi connectivity index (χ1v) is 7.57. The fourth-order valence-electron chi connectivity index (χ4n) is 2.93. The van der Waals surface area contributed by atoms with Crippen LogP contribution in [0.4, 0.5) is 5.88 Å². The average Bonchev–Trinajstić information content (AvgIpc) is 2.51. The van der Waals surface area contributed by atoms with E-state index >= 15 is 0 Å². The quantitative estimate of drug-likeness (QED) is 0.922. The minimum Gasteiger partial charge on any atom is -0.440 e. The highest BCUT2D eigenvalue weighted by atomic mass is 16.5. The van der Waals surface area contributed by atoms with Gasteiger partial charge in [-0.1, -0.05) is 0 Å². The van der Waals surface area contributed by atoms with Gasteiger partial charge in [0.25, 0.3) is 0 Å². The number of anilines is 1. The number of nitrogens with zero attached hydrogens (tertiary/aromatic N) is 1. The third-order valence-corrected chi connectivity index (χ3v) is 4.12. The molecule has 0 spiro atoms. The first-order chi connectivity index (χ1) is 10.5. The molecule has 0 aliphatic carbocycles. The van der Waals surface area contributed by atoms with Gasteiger partial charge in [-0.3, -0.25) is 4.79 Å². The van der Waals surface area contributed by atoms with Crippen LogP contribution in [0.25, 0.3) is 11.0 Å². The Hall–Kier alpha value is -1.85. The summed E-state index contributed by atoms with van der Waals surface area (Å²) in [5.74, 6) is 0.589. The van der Waals surface area contributed by atoms with E-state index in [1.807, 2.05) is 24.0 Å². The van der Waals surface area contributed by atoms with E-state index in [9.17, 15) is 9.90 Å². The predicted octanol–water partition coefficient (Wildman–Crippen LogP) is 2.30. The summed E-state index contributed by atoms with van der Waals surface area (Å²) in [4.78, 5) is 14.8. The number of rotatable bonds is 2. The average molecular weight is 303 g/mol. The van der Waals surface area contributed by atoms with Crippen LogP contribution in [0.15, 0.2) is 21.3 Å². The molecule has 5 nitrogen and oxygen atoms in total. The third-order valence-electron chi connectivity index (χ3n) is 4.12. The molecule has 0 amide bonds. The summed E-state index contributed by atoms with van der Waals surface area (Å²) in [6, 6.07) is 3.69. The second-order valence-corrected chi connectivity index (χ2v) is 5.87. The molecule has 0 radical (unpaired) electrons. The maximum absolute atomic E-state index is 12.7. The van der Waals surface area contributed by atoms with Crippen molar-refractivity contribution in [3.05, 3.63) is 39.0 Å². The minimum atomic E-state index is -0.689. The molecule has 1 aromatic heterocycles. The number of morpholine rings is 1. The molecule has 5 heteroatoms. The van der Waals surface area contributed by atoms with E-state index < -0.39 is 6.10 Å². The molecule has 1 unspecified atom stereocenters. The highest BCUT2D eigenvalue weighted by Crippen LogP contribution is 2.30. The molecule has 3 rings (SSSR count). The van der Waals surface area contributed by atoms with Gasteiger partial charge in [-0.2, -0.15) is 0 Å². The largest absolute Gasteiger partial charge is 0.440 e. The molecule has 0 bridgehead atoms. The zero-order chi connectivity index (χ0) is 15.9. The second-order valence-electron chi connectivity index (χ2n) is 5.87. The summed E-state index contributed by atoms with van der Waals surface area (Å²) in [5, 5.41) is 10.5. The Balaban J connectivity index is 2.27. The summed E-state index contributed by atoms with van der Waals surface area (Å²) in [6.07, 6.45) is -0.689. The van der Waals surface area contributed by atoms with Crippen LogP contribution in [0.1, 0.15) is 29.7 Å². The van der Waals surface area contributed by atoms with Gasteiger partial charge < -0.3 is 19.2 Å². The van der Waals surface area contributed by atoms with Crippen molar-refractivity contribution in [3.63, 3.8) is 0 Å². The Labute approximate surface area is 129 Å². The zero-order valence-corrected chi connectivity index (χ0v) is 13.2. The number of aryl methyl sites for hydroxylation is 1. The lowest BCUT2D eigenvalue weighted by atomic mass is 10.0. The summed E-state index contributed by atoms with van der Waals surface area (Å²) in [7, 11) is 0. The van der Waals surface area contributed by atoms with Crippen LogP contribution >= 0.6 is 0 Å². The Morgan fingerprint density at radius 2 is 1.91 bits per heavy atom. The van der Waals surface area contributed by atoms with E-state index in [0.29, 0.717) is 54.3 Å². The van der Waals surface area contributed by atoms with Crippen molar-refractivity contribution in [1.29, 1.82) is 0 Å². The fourth-order valence-corrected chi connectivity index (χ4v) is 2.93. The summed E-state index contributed by atoms with van der Waals surface area (Å²) < 4.78 is 11.4. The maximum atomic E-state index is 12.7. The molecule has 2 aromatic rings. The Kier molecular flexibility index (Phi) is 3.93. The van der Waals surface area contributed by atoms with E-state index in [1.165, 1.54) is 0 Å². The number of aliphatic hydroxyl groups is 1. The highest BCUT2D eigenvalue weighted by molar-refractivity contribution is 5.83. The van der Waals surface area contributed by atoms with Crippen LogP contribution in [0.3, 0.4) is 0 Å². The molecule has 22 heavy (non-hydrogen) atoms. The molecular formula is C17H21NO4. The normalized spacial score (nSPS) is 17.0. The summed E-state index contributed by atoms with van der Waals surface area (Å²) >= 11 is 0. The summed E-state index contributed by atoms with van der Waals surface area (Å²) in [6.45, 7) is 8.03. The van der Waals surface area contributed by atoms with Crippen LogP contribution < -0.4 is 10.3 Å². The van der Waals surface area contributed by atoms with Crippen molar-refractivity contribution in [2.75, 3.05) is 31.2 Å². The van der Waals surface area contributed by atoms with Crippen molar-refractivity contribution in [2.24, 2.45) is 0 Å². The first kappa shape index (κ1) is 15.1. The van der Waals surface area contributed by atoms with E-state index in [-0.39, 0.29) is 5.43 Å². The third kappa shape index (κ3) is 2.51. The number of ether oxygens (including phenoxy) is 1. The number of benzene rings is 1. The highest BCUT2D eigenvalue weighted by Gasteiger charge is 2.21. The molecule has 1 aromatic carbocycles. The van der Waals surface area contributed by atoms with Crippen LogP contribution in [-0.4, -0.2) is 31.4 Å². The monoisotopic (exact) mass is 303 g/mol. The van der Waals surface area contributed by atoms with Gasteiger partial charge in [0.2, 0.25) is 5.88 Å². The first-order valence-electron chi connectivity index (χ1n) is 7.57. The number of hydrogen-bond donors (Lipinski definition) is 1. The van der Waals surface area contributed by atoms with E-state index in [1.54, 1.807) is 13.8 Å². The lowest BCUT2D eigenvalue weighted by Gasteiger charge is -2.28. The Bertz CT molecular complexity index is 757. The molecule has 1 aliphatic rings. The molecule has 2 heterocycles. The van der Waals surface area contributed by atoms with Crippen molar-refractivity contribution < 1.29 is 14.3 Å². The lowest BCUT2D eigenvalue weighted by molar-refractivity contribution is 0.120. The standard InChI is InChI=1S/C17H21NO4/c1-10-8-13(12(3)19)16-14(9-10)15(20)11(2)17(22-16)18-4-6-21-7-5-18/h8-9,12,19H,4-7H2,1-3H3. The van der Waals surface area contributed by atoms with E-state index in [4.69, 9.17) is 9.15 Å². The number of fused-ring (bicyclic) bond motifs is 1. The fraction of sp³-hybridized carbons (Fsp3) is 0.471. The van der Waals surface area contributed by atoms with Gasteiger partial charge >= 0.3 is 0 Å². The van der Waals surface area contributed by atoms with Crippen molar-refractivity contribution in [2.45, 2.75) is 26.9 Å². The van der Waals surface area contributed by atoms with Crippen LogP contribution in [0.2, 0.25) is 0 Å². The van der Waals surface area contributed by atoms with Gasteiger partial charge in [-0.25, -0.2) is 0 Å². The Morgan fingerprint density at radius 3 is 2.55 bits per heavy atom. The summed E-state index contributed by atoms with van der Waals surface area (Å²) in [5.41, 5.74) is 2.65. The molecule has 118 valence electrons. The van der Waals surface area contributed by atoms with Crippen molar-refractivity contribution in [1.82, 2.24) is 0 Å². The van der Waals surface area contributed by atoms with Gasteiger partial charge in [0.1, 0.15) is 5.58 Å². The molecule has 0 saturated carbocycles. The van der Waals surface area contributed by atoms with Gasteiger partial charge in [-0.05, 0) is 38.5 Å². The second kappa shape index (κ2) is 5.74. The van der Waals surface area contributed by atoms with Crippen LogP contribution in [0, 0.1) is 13.8 Å². The van der Waals surface area contributed by atoms with Gasteiger partial charge in [0.05, 0.1) is 30.3 Å². The van der Waals surface area contributed by atoms with Crippen molar-refractivity contribution in [3.8, 4) is 0 Å². The molecule has 1 fully saturated rings. The minimum absolute atomic E-state index is 0.0339. The topological polar surface area (TPSA) is 62.9 Å². The maximum Gasteiger partial charge on any atom is 0.203 e. The van der Waals surface area contributed by atoms with Gasteiger partial charge in [0, 0.05) is 18.7 Å². The molecule has 1 atom stereocenters. The molecular weight excluding hydrogens is 282 g/mol. The lowest BCUT2D eigenvalue weighted by Crippen LogP contribution is -2.37. The van der Waals surface area contributed by atoms with E-state index in [0.717, 1.165) is 5.56 Å². The molecule has 1 N–H and O–H groups in total. The van der Waals surface area contributed by atoms with Crippen molar-refractivity contribution >= 4 is 16.9 Å². The molecule has 1 aliphatic heterocycles. The van der Waals surface area contributed by atoms with E-state index in [2.05, 4.69) is 0 Å². The van der Waals surface area contributed by atoms with Gasteiger partial charge in [-0.15, -0.1) is 0 Å². The van der Waals surface area contributed by atoms with Crippen LogP contribution in [-0.2, 0) is 4.74 Å². The number of hydrogen-bond acceptors (Lipinski definition) is 5. The predicted molar refractivity (Wildman–Crippen MR) is 85.6 cm³/mol. The van der Waals surface area contributed by atoms with Crippen LogP contribution in [0.5, 0.6) is 0 Å². The molecule has 1 saturated heterocycles. The zero-order valence-electron chi connectivity index (χ0n) is 13.2.